The topological polar surface area (TPSA) is 40.5 Å². The predicted octanol–water partition coefficient (Wildman–Crippen LogP) is 3.20. The van der Waals surface area contributed by atoms with Crippen molar-refractivity contribution in [2.45, 2.75) is 65.1 Å². The molecule has 0 spiro atoms. The fraction of sp³-hybridized carbons (Fsp3) is 0.733. The molecule has 0 aromatic carbocycles. The summed E-state index contributed by atoms with van der Waals surface area (Å²) in [6.07, 6.45) is 7.68. The van der Waals surface area contributed by atoms with Crippen LogP contribution in [0.25, 0.3) is 0 Å². The highest BCUT2D eigenvalue weighted by Gasteiger charge is 2.25. The fourth-order valence-electron chi connectivity index (χ4n) is 2.11. The van der Waals surface area contributed by atoms with Crippen molar-refractivity contribution in [3.8, 4) is 0 Å². The average molecular weight is 238 g/mol. The van der Waals surface area contributed by atoms with Gasteiger partial charge in [-0.05, 0) is 52.4 Å². The second-order valence-electron chi connectivity index (χ2n) is 5.90. The van der Waals surface area contributed by atoms with E-state index in [1.165, 1.54) is 11.1 Å². The third kappa shape index (κ3) is 4.64. The van der Waals surface area contributed by atoms with E-state index in [0.717, 1.165) is 19.3 Å². The molecule has 0 aliphatic heterocycles. The molecule has 0 heterocycles. The van der Waals surface area contributed by atoms with Gasteiger partial charge < -0.3 is 10.2 Å². The minimum absolute atomic E-state index is 0.497. The van der Waals surface area contributed by atoms with Crippen molar-refractivity contribution in [3.05, 3.63) is 23.3 Å². The first-order valence-electron chi connectivity index (χ1n) is 6.57. The quantitative estimate of drug-likeness (QED) is 0.772. The normalized spacial score (nSPS) is 20.6. The maximum atomic E-state index is 9.79. The lowest BCUT2D eigenvalue weighted by Crippen LogP contribution is -2.36. The van der Waals surface area contributed by atoms with Gasteiger partial charge in [-0.2, -0.15) is 0 Å². The molecule has 0 bridgehead atoms. The Bertz CT molecular complexity index is 307. The van der Waals surface area contributed by atoms with Gasteiger partial charge in [-0.3, -0.25) is 0 Å². The third-order valence-electron chi connectivity index (χ3n) is 3.71. The van der Waals surface area contributed by atoms with E-state index in [2.05, 4.69) is 26.0 Å². The van der Waals surface area contributed by atoms with Gasteiger partial charge in [0.05, 0.1) is 11.7 Å². The minimum Gasteiger partial charge on any atom is -0.390 e. The van der Waals surface area contributed by atoms with E-state index in [-0.39, 0.29) is 0 Å². The molecule has 1 rings (SSSR count). The summed E-state index contributed by atoms with van der Waals surface area (Å²) >= 11 is 0. The van der Waals surface area contributed by atoms with Crippen molar-refractivity contribution in [1.82, 2.24) is 0 Å². The van der Waals surface area contributed by atoms with Crippen molar-refractivity contribution < 1.29 is 10.2 Å². The van der Waals surface area contributed by atoms with Gasteiger partial charge in [0, 0.05) is 0 Å². The van der Waals surface area contributed by atoms with Crippen LogP contribution in [-0.4, -0.2) is 21.9 Å². The average Bonchev–Trinajstić information content (AvgIpc) is 2.25. The lowest BCUT2D eigenvalue weighted by Gasteiger charge is -2.26. The summed E-state index contributed by atoms with van der Waals surface area (Å²) in [6.45, 7) is 7.69. The van der Waals surface area contributed by atoms with Gasteiger partial charge in [-0.25, -0.2) is 0 Å². The maximum absolute atomic E-state index is 9.79. The van der Waals surface area contributed by atoms with Crippen LogP contribution in [0.2, 0.25) is 0 Å². The molecule has 2 atom stereocenters. The van der Waals surface area contributed by atoms with Crippen LogP contribution < -0.4 is 0 Å². The number of hydrogen-bond acceptors (Lipinski definition) is 2. The third-order valence-corrected chi connectivity index (χ3v) is 3.71. The summed E-state index contributed by atoms with van der Waals surface area (Å²) < 4.78 is 0. The largest absolute Gasteiger partial charge is 0.390 e. The highest BCUT2D eigenvalue weighted by molar-refractivity contribution is 5.24. The molecule has 0 radical (unpaired) electrons. The minimum atomic E-state index is -0.989. The number of aliphatic hydroxyl groups is 2. The Morgan fingerprint density at radius 1 is 1.24 bits per heavy atom. The van der Waals surface area contributed by atoms with Gasteiger partial charge in [-0.15, -0.1) is 0 Å². The molecule has 2 nitrogen and oxygen atoms in total. The van der Waals surface area contributed by atoms with Crippen LogP contribution in [-0.2, 0) is 0 Å². The van der Waals surface area contributed by atoms with Crippen LogP contribution >= 0.6 is 0 Å². The Morgan fingerprint density at radius 3 is 2.35 bits per heavy atom. The summed E-state index contributed by atoms with van der Waals surface area (Å²) in [6, 6.07) is 0. The van der Waals surface area contributed by atoms with E-state index in [1.54, 1.807) is 13.8 Å². The molecule has 0 amide bonds. The summed E-state index contributed by atoms with van der Waals surface area (Å²) in [4.78, 5) is 0. The summed E-state index contributed by atoms with van der Waals surface area (Å²) in [5.41, 5.74) is 1.92. The van der Waals surface area contributed by atoms with Crippen LogP contribution in [0, 0.1) is 5.92 Å². The van der Waals surface area contributed by atoms with Crippen molar-refractivity contribution >= 4 is 0 Å². The first-order chi connectivity index (χ1) is 7.80. The predicted molar refractivity (Wildman–Crippen MR) is 71.8 cm³/mol. The van der Waals surface area contributed by atoms with E-state index in [0.29, 0.717) is 12.3 Å². The zero-order valence-corrected chi connectivity index (χ0v) is 11.5. The molecule has 1 aliphatic rings. The molecule has 98 valence electrons. The first kappa shape index (κ1) is 14.5. The molecule has 0 aromatic heterocycles. The molecule has 0 fully saturated rings. The summed E-state index contributed by atoms with van der Waals surface area (Å²) in [5.74, 6) is 0.497. The monoisotopic (exact) mass is 238 g/mol. The highest BCUT2D eigenvalue weighted by Crippen LogP contribution is 2.28. The van der Waals surface area contributed by atoms with E-state index in [4.69, 9.17) is 0 Å². The van der Waals surface area contributed by atoms with Crippen LogP contribution in [0.5, 0.6) is 0 Å². The Hall–Kier alpha value is -0.600. The van der Waals surface area contributed by atoms with Crippen molar-refractivity contribution in [2.24, 2.45) is 5.92 Å². The molecule has 0 saturated carbocycles. The zero-order valence-electron chi connectivity index (χ0n) is 11.5. The van der Waals surface area contributed by atoms with Gasteiger partial charge in [-0.1, -0.05) is 30.2 Å². The zero-order chi connectivity index (χ0) is 13.1. The molecule has 0 saturated heterocycles. The van der Waals surface area contributed by atoms with Gasteiger partial charge >= 0.3 is 0 Å². The lowest BCUT2D eigenvalue weighted by molar-refractivity contribution is -0.0530. The van der Waals surface area contributed by atoms with Crippen molar-refractivity contribution in [1.29, 1.82) is 0 Å². The number of aliphatic hydroxyl groups excluding tert-OH is 1. The molecule has 17 heavy (non-hydrogen) atoms. The number of allylic oxidation sites excluding steroid dienone is 4. The SMILES string of the molecule is CC1=CC=C(C(C)CCC(O)C(C)(C)O)CC1. The Morgan fingerprint density at radius 2 is 1.88 bits per heavy atom. The van der Waals surface area contributed by atoms with E-state index < -0.39 is 11.7 Å². The second-order valence-corrected chi connectivity index (χ2v) is 5.90. The smallest absolute Gasteiger partial charge is 0.0849 e. The van der Waals surface area contributed by atoms with E-state index in [9.17, 15) is 10.2 Å². The van der Waals surface area contributed by atoms with Crippen LogP contribution in [0.4, 0.5) is 0 Å². The number of hydrogen-bond donors (Lipinski definition) is 2. The molecular weight excluding hydrogens is 212 g/mol. The first-order valence-corrected chi connectivity index (χ1v) is 6.57. The molecule has 0 aromatic rings. The molecule has 2 unspecified atom stereocenters. The van der Waals surface area contributed by atoms with Gasteiger partial charge in [0.25, 0.3) is 0 Å². The number of rotatable bonds is 5. The van der Waals surface area contributed by atoms with E-state index >= 15 is 0 Å². The van der Waals surface area contributed by atoms with Crippen LogP contribution in [0.15, 0.2) is 23.3 Å². The van der Waals surface area contributed by atoms with E-state index in [1.807, 2.05) is 0 Å². The Kier molecular flexibility index (Phi) is 4.96. The summed E-state index contributed by atoms with van der Waals surface area (Å²) in [5, 5.41) is 19.5. The maximum Gasteiger partial charge on any atom is 0.0849 e. The second kappa shape index (κ2) is 5.83. The van der Waals surface area contributed by atoms with Crippen LogP contribution in [0.3, 0.4) is 0 Å². The van der Waals surface area contributed by atoms with Crippen LogP contribution in [0.1, 0.15) is 53.4 Å². The Balaban J connectivity index is 2.43. The lowest BCUT2D eigenvalue weighted by atomic mass is 9.86. The fourth-order valence-corrected chi connectivity index (χ4v) is 2.11. The Labute approximate surface area is 105 Å². The summed E-state index contributed by atoms with van der Waals surface area (Å²) in [7, 11) is 0. The molecule has 1 aliphatic carbocycles. The standard InChI is InChI=1S/C15H26O2/c1-11-5-8-13(9-6-11)12(2)7-10-14(16)15(3,4)17/h5,8,12,14,16-17H,6-7,9-10H2,1-4H3. The molecule has 2 N–H and O–H groups in total. The van der Waals surface area contributed by atoms with Gasteiger partial charge in [0.1, 0.15) is 0 Å². The van der Waals surface area contributed by atoms with Gasteiger partial charge in [0.15, 0.2) is 0 Å². The molecule has 2 heteroatoms. The molecular formula is C15H26O2. The highest BCUT2D eigenvalue weighted by atomic mass is 16.3. The van der Waals surface area contributed by atoms with Crippen molar-refractivity contribution in [3.63, 3.8) is 0 Å². The van der Waals surface area contributed by atoms with Crippen molar-refractivity contribution in [2.75, 3.05) is 0 Å². The van der Waals surface area contributed by atoms with Gasteiger partial charge in [0.2, 0.25) is 0 Å².